The Morgan fingerprint density at radius 3 is 2.17 bits per heavy atom. The van der Waals surface area contributed by atoms with Crippen LogP contribution in [-0.2, 0) is 4.79 Å². The first kappa shape index (κ1) is 18.6. The summed E-state index contributed by atoms with van der Waals surface area (Å²) in [6.45, 7) is 2.92. The molecule has 24 heavy (non-hydrogen) atoms. The van der Waals surface area contributed by atoms with Gasteiger partial charge < -0.3 is 15.1 Å². The Bertz CT molecular complexity index is 595. The zero-order valence-corrected chi connectivity index (χ0v) is 14.0. The summed E-state index contributed by atoms with van der Waals surface area (Å²) in [7, 11) is 0. The van der Waals surface area contributed by atoms with Crippen molar-refractivity contribution in [3.8, 4) is 0 Å². The molecular formula is C16H20ClF2N3O2. The highest BCUT2D eigenvalue weighted by Gasteiger charge is 2.31. The fourth-order valence-electron chi connectivity index (χ4n) is 3.11. The molecule has 2 heterocycles. The van der Waals surface area contributed by atoms with Gasteiger partial charge in [-0.25, -0.2) is 8.78 Å². The number of amides is 2. The lowest BCUT2D eigenvalue weighted by molar-refractivity contribution is -0.136. The fraction of sp³-hybridized carbons (Fsp3) is 0.500. The minimum Gasteiger partial charge on any atom is -0.339 e. The van der Waals surface area contributed by atoms with Gasteiger partial charge >= 0.3 is 0 Å². The van der Waals surface area contributed by atoms with Gasteiger partial charge in [-0.3, -0.25) is 9.59 Å². The van der Waals surface area contributed by atoms with Crippen LogP contribution in [0.15, 0.2) is 18.2 Å². The van der Waals surface area contributed by atoms with Gasteiger partial charge in [0.25, 0.3) is 5.91 Å². The molecule has 0 bridgehead atoms. The van der Waals surface area contributed by atoms with E-state index in [2.05, 4.69) is 5.32 Å². The van der Waals surface area contributed by atoms with Crippen LogP contribution in [0.5, 0.6) is 0 Å². The summed E-state index contributed by atoms with van der Waals surface area (Å²) in [6, 6.07) is 3.38. The van der Waals surface area contributed by atoms with Crippen molar-refractivity contribution in [2.75, 3.05) is 39.3 Å². The van der Waals surface area contributed by atoms with Crippen LogP contribution in [0.2, 0.25) is 0 Å². The number of hydrogen-bond donors (Lipinski definition) is 1. The molecule has 0 aliphatic carbocycles. The molecule has 5 nitrogen and oxygen atoms in total. The summed E-state index contributed by atoms with van der Waals surface area (Å²) in [4.78, 5) is 27.8. The molecule has 8 heteroatoms. The Morgan fingerprint density at radius 1 is 1.04 bits per heavy atom. The summed E-state index contributed by atoms with van der Waals surface area (Å²) in [6.07, 6.45) is 0.832. The van der Waals surface area contributed by atoms with E-state index in [4.69, 9.17) is 0 Å². The van der Waals surface area contributed by atoms with E-state index in [0.717, 1.165) is 25.1 Å². The molecular weight excluding hydrogens is 340 g/mol. The van der Waals surface area contributed by atoms with Crippen LogP contribution < -0.4 is 5.32 Å². The fourth-order valence-corrected chi connectivity index (χ4v) is 3.11. The molecule has 132 valence electrons. The number of halogens is 3. The summed E-state index contributed by atoms with van der Waals surface area (Å²) >= 11 is 0. The molecule has 0 aromatic heterocycles. The summed E-state index contributed by atoms with van der Waals surface area (Å²) in [5.74, 6) is -2.27. The Balaban J connectivity index is 0.00000208. The molecule has 2 saturated heterocycles. The molecule has 1 atom stereocenters. The second-order valence-electron chi connectivity index (χ2n) is 5.90. The first-order chi connectivity index (χ1) is 11.1. The van der Waals surface area contributed by atoms with E-state index in [1.807, 2.05) is 0 Å². The Morgan fingerprint density at radius 2 is 1.62 bits per heavy atom. The number of carbonyl (C=O) groups is 2. The first-order valence-corrected chi connectivity index (χ1v) is 7.80. The lowest BCUT2D eigenvalue weighted by Crippen LogP contribution is -2.52. The second kappa shape index (κ2) is 7.90. The molecule has 0 saturated carbocycles. The molecule has 1 aromatic carbocycles. The maximum Gasteiger partial charge on any atom is 0.259 e. The first-order valence-electron chi connectivity index (χ1n) is 7.80. The van der Waals surface area contributed by atoms with Crippen molar-refractivity contribution >= 4 is 24.2 Å². The summed E-state index contributed by atoms with van der Waals surface area (Å²) < 4.78 is 27.4. The molecule has 2 aliphatic rings. The molecule has 2 fully saturated rings. The van der Waals surface area contributed by atoms with Gasteiger partial charge in [0.1, 0.15) is 17.2 Å². The van der Waals surface area contributed by atoms with E-state index in [1.165, 1.54) is 11.0 Å². The van der Waals surface area contributed by atoms with E-state index in [-0.39, 0.29) is 24.2 Å². The van der Waals surface area contributed by atoms with Gasteiger partial charge in [0.05, 0.1) is 5.92 Å². The maximum atomic E-state index is 13.7. The monoisotopic (exact) mass is 359 g/mol. The van der Waals surface area contributed by atoms with Gasteiger partial charge in [0.2, 0.25) is 5.91 Å². The third-order valence-electron chi connectivity index (χ3n) is 4.46. The van der Waals surface area contributed by atoms with Crippen molar-refractivity contribution in [1.29, 1.82) is 0 Å². The van der Waals surface area contributed by atoms with Gasteiger partial charge in [-0.1, -0.05) is 6.07 Å². The van der Waals surface area contributed by atoms with Gasteiger partial charge in [0, 0.05) is 32.7 Å². The molecule has 1 N–H and O–H groups in total. The van der Waals surface area contributed by atoms with Crippen LogP contribution >= 0.6 is 12.4 Å². The van der Waals surface area contributed by atoms with Gasteiger partial charge in [-0.15, -0.1) is 12.4 Å². The van der Waals surface area contributed by atoms with Crippen molar-refractivity contribution in [2.45, 2.75) is 6.42 Å². The van der Waals surface area contributed by atoms with Gasteiger partial charge in [-0.2, -0.15) is 0 Å². The topological polar surface area (TPSA) is 52.7 Å². The lowest BCUT2D eigenvalue weighted by atomic mass is 10.1. The third kappa shape index (κ3) is 3.67. The molecule has 3 rings (SSSR count). The molecule has 2 amide bonds. The van der Waals surface area contributed by atoms with Crippen molar-refractivity contribution in [3.05, 3.63) is 35.4 Å². The van der Waals surface area contributed by atoms with Gasteiger partial charge in [0.15, 0.2) is 0 Å². The summed E-state index contributed by atoms with van der Waals surface area (Å²) in [5, 5.41) is 3.16. The van der Waals surface area contributed by atoms with Crippen molar-refractivity contribution < 1.29 is 18.4 Å². The second-order valence-corrected chi connectivity index (χ2v) is 5.90. The molecule has 1 unspecified atom stereocenters. The Hall–Kier alpha value is -1.73. The lowest BCUT2D eigenvalue weighted by Gasteiger charge is -2.36. The minimum atomic E-state index is -0.856. The standard InChI is InChI=1S/C16H19F2N3O2.ClH/c17-12-2-1-3-13(18)14(12)16(23)21-8-6-20(7-9-21)15(22)11-4-5-19-10-11;/h1-3,11,19H,4-10H2;1H. The quantitative estimate of drug-likeness (QED) is 0.865. The van der Waals surface area contributed by atoms with Crippen molar-refractivity contribution in [3.63, 3.8) is 0 Å². The van der Waals surface area contributed by atoms with Gasteiger partial charge in [-0.05, 0) is 25.1 Å². The van der Waals surface area contributed by atoms with Crippen LogP contribution in [-0.4, -0.2) is 60.9 Å². The number of piperazine rings is 1. The number of nitrogens with one attached hydrogen (secondary N) is 1. The highest BCUT2D eigenvalue weighted by Crippen LogP contribution is 2.18. The minimum absolute atomic E-state index is 0. The van der Waals surface area contributed by atoms with Crippen LogP contribution in [0.1, 0.15) is 16.8 Å². The predicted molar refractivity (Wildman–Crippen MR) is 87.1 cm³/mol. The van der Waals surface area contributed by atoms with Crippen molar-refractivity contribution in [1.82, 2.24) is 15.1 Å². The van der Waals surface area contributed by atoms with E-state index in [0.29, 0.717) is 32.7 Å². The van der Waals surface area contributed by atoms with E-state index in [1.54, 1.807) is 4.90 Å². The Labute approximate surface area is 145 Å². The average molecular weight is 360 g/mol. The van der Waals surface area contributed by atoms with Crippen LogP contribution in [0, 0.1) is 17.6 Å². The smallest absolute Gasteiger partial charge is 0.259 e. The third-order valence-corrected chi connectivity index (χ3v) is 4.46. The number of hydrogen-bond acceptors (Lipinski definition) is 3. The van der Waals surface area contributed by atoms with E-state index in [9.17, 15) is 18.4 Å². The molecule has 2 aliphatic heterocycles. The number of carbonyl (C=O) groups excluding carboxylic acids is 2. The zero-order chi connectivity index (χ0) is 16.4. The highest BCUT2D eigenvalue weighted by molar-refractivity contribution is 5.95. The Kier molecular flexibility index (Phi) is 6.12. The number of nitrogens with zero attached hydrogens (tertiary/aromatic N) is 2. The normalized spacial score (nSPS) is 20.7. The maximum absolute atomic E-state index is 13.7. The van der Waals surface area contributed by atoms with Crippen LogP contribution in [0.4, 0.5) is 8.78 Å². The van der Waals surface area contributed by atoms with Crippen LogP contribution in [0.25, 0.3) is 0 Å². The number of benzene rings is 1. The van der Waals surface area contributed by atoms with Crippen LogP contribution in [0.3, 0.4) is 0 Å². The SMILES string of the molecule is Cl.O=C(c1c(F)cccc1F)N1CCN(C(=O)C2CCNC2)CC1. The largest absolute Gasteiger partial charge is 0.339 e. The highest BCUT2D eigenvalue weighted by atomic mass is 35.5. The van der Waals surface area contributed by atoms with E-state index < -0.39 is 23.1 Å². The molecule has 0 spiro atoms. The van der Waals surface area contributed by atoms with E-state index >= 15 is 0 Å². The molecule has 0 radical (unpaired) electrons. The predicted octanol–water partition coefficient (Wildman–Crippen LogP) is 1.28. The average Bonchev–Trinajstić information content (AvgIpc) is 3.08. The van der Waals surface area contributed by atoms with Crippen molar-refractivity contribution in [2.24, 2.45) is 5.92 Å². The summed E-state index contributed by atoms with van der Waals surface area (Å²) in [5.41, 5.74) is -0.521. The number of rotatable bonds is 2. The zero-order valence-electron chi connectivity index (χ0n) is 13.1. The molecule has 1 aromatic rings.